The maximum atomic E-state index is 10.6. The number of carboxylic acids is 1. The SMILES string of the molecule is O=C(O)c1ccc2occ(Br)c2c1. The van der Waals surface area contributed by atoms with E-state index in [2.05, 4.69) is 15.9 Å². The molecule has 1 heterocycles. The van der Waals surface area contributed by atoms with E-state index in [-0.39, 0.29) is 5.56 Å². The molecule has 66 valence electrons. The van der Waals surface area contributed by atoms with E-state index < -0.39 is 5.97 Å². The molecule has 0 saturated carbocycles. The van der Waals surface area contributed by atoms with Gasteiger partial charge in [-0.05, 0) is 34.1 Å². The molecular formula is C9H5BrO3. The number of hydrogen-bond donors (Lipinski definition) is 1. The highest BCUT2D eigenvalue weighted by molar-refractivity contribution is 9.10. The molecule has 0 radical (unpaired) electrons. The quantitative estimate of drug-likeness (QED) is 0.834. The monoisotopic (exact) mass is 240 g/mol. The van der Waals surface area contributed by atoms with Gasteiger partial charge in [0.1, 0.15) is 11.8 Å². The molecule has 2 rings (SSSR count). The number of carboxylic acid groups (broad SMARTS) is 1. The molecule has 0 spiro atoms. The van der Waals surface area contributed by atoms with E-state index in [1.54, 1.807) is 12.1 Å². The Labute approximate surface area is 82.1 Å². The molecule has 1 aromatic heterocycles. The standard InChI is InChI=1S/C9H5BrO3/c10-7-4-13-8-2-1-5(9(11)12)3-6(7)8/h1-4H,(H,11,12). The largest absolute Gasteiger partial charge is 0.478 e. The van der Waals surface area contributed by atoms with Crippen LogP contribution < -0.4 is 0 Å². The third kappa shape index (κ3) is 1.33. The molecule has 3 nitrogen and oxygen atoms in total. The summed E-state index contributed by atoms with van der Waals surface area (Å²) in [6.45, 7) is 0. The van der Waals surface area contributed by atoms with E-state index in [1.807, 2.05) is 0 Å². The zero-order valence-corrected chi connectivity index (χ0v) is 8.04. The first-order valence-electron chi connectivity index (χ1n) is 3.58. The van der Waals surface area contributed by atoms with Crippen LogP contribution in [0.3, 0.4) is 0 Å². The van der Waals surface area contributed by atoms with E-state index in [4.69, 9.17) is 9.52 Å². The lowest BCUT2D eigenvalue weighted by atomic mass is 10.2. The first-order chi connectivity index (χ1) is 6.18. The van der Waals surface area contributed by atoms with Crippen molar-refractivity contribution in [3.63, 3.8) is 0 Å². The van der Waals surface area contributed by atoms with Gasteiger partial charge in [-0.15, -0.1) is 0 Å². The van der Waals surface area contributed by atoms with Crippen LogP contribution in [-0.4, -0.2) is 11.1 Å². The summed E-state index contributed by atoms with van der Waals surface area (Å²) in [4.78, 5) is 10.6. The number of benzene rings is 1. The molecule has 1 aromatic carbocycles. The van der Waals surface area contributed by atoms with Crippen molar-refractivity contribution in [2.24, 2.45) is 0 Å². The van der Waals surface area contributed by atoms with Gasteiger partial charge in [-0.2, -0.15) is 0 Å². The van der Waals surface area contributed by atoms with Gasteiger partial charge in [-0.25, -0.2) is 4.79 Å². The Morgan fingerprint density at radius 3 is 2.92 bits per heavy atom. The topological polar surface area (TPSA) is 50.4 Å². The van der Waals surface area contributed by atoms with Gasteiger partial charge in [-0.1, -0.05) is 0 Å². The number of carbonyl (C=O) groups is 1. The molecule has 0 fully saturated rings. The summed E-state index contributed by atoms with van der Waals surface area (Å²) in [5.41, 5.74) is 0.937. The Morgan fingerprint density at radius 1 is 1.46 bits per heavy atom. The molecule has 0 aliphatic carbocycles. The van der Waals surface area contributed by atoms with E-state index in [0.717, 1.165) is 9.86 Å². The summed E-state index contributed by atoms with van der Waals surface area (Å²) >= 11 is 3.26. The van der Waals surface area contributed by atoms with Gasteiger partial charge >= 0.3 is 5.97 Å². The molecule has 13 heavy (non-hydrogen) atoms. The summed E-state index contributed by atoms with van der Waals surface area (Å²) in [6.07, 6.45) is 1.54. The van der Waals surface area contributed by atoms with Crippen LogP contribution in [0, 0.1) is 0 Å². The Bertz CT molecular complexity index is 473. The van der Waals surface area contributed by atoms with Crippen LogP contribution in [0.1, 0.15) is 10.4 Å². The van der Waals surface area contributed by atoms with Crippen molar-refractivity contribution < 1.29 is 14.3 Å². The summed E-state index contributed by atoms with van der Waals surface area (Å²) in [7, 11) is 0. The lowest BCUT2D eigenvalue weighted by Crippen LogP contribution is -1.94. The predicted molar refractivity (Wildman–Crippen MR) is 50.9 cm³/mol. The molecule has 0 aliphatic heterocycles. The number of fused-ring (bicyclic) bond motifs is 1. The van der Waals surface area contributed by atoms with Gasteiger partial charge in [0, 0.05) is 5.39 Å². The second-order valence-corrected chi connectivity index (χ2v) is 3.45. The number of halogens is 1. The highest BCUT2D eigenvalue weighted by Crippen LogP contribution is 2.26. The maximum absolute atomic E-state index is 10.6. The molecule has 0 atom stereocenters. The number of hydrogen-bond acceptors (Lipinski definition) is 2. The zero-order valence-electron chi connectivity index (χ0n) is 6.45. The van der Waals surface area contributed by atoms with Gasteiger partial charge in [0.25, 0.3) is 0 Å². The van der Waals surface area contributed by atoms with E-state index in [0.29, 0.717) is 5.58 Å². The minimum absolute atomic E-state index is 0.259. The molecular weight excluding hydrogens is 236 g/mol. The smallest absolute Gasteiger partial charge is 0.335 e. The minimum Gasteiger partial charge on any atom is -0.478 e. The highest BCUT2D eigenvalue weighted by Gasteiger charge is 2.07. The van der Waals surface area contributed by atoms with Gasteiger partial charge in [0.05, 0.1) is 10.0 Å². The fourth-order valence-electron chi connectivity index (χ4n) is 1.13. The fraction of sp³-hybridized carbons (Fsp3) is 0. The first-order valence-corrected chi connectivity index (χ1v) is 4.38. The van der Waals surface area contributed by atoms with Crippen LogP contribution in [-0.2, 0) is 0 Å². The van der Waals surface area contributed by atoms with Gasteiger partial charge in [0.2, 0.25) is 0 Å². The third-order valence-electron chi connectivity index (χ3n) is 1.77. The Hall–Kier alpha value is -1.29. The van der Waals surface area contributed by atoms with Gasteiger partial charge < -0.3 is 9.52 Å². The van der Waals surface area contributed by atoms with Crippen LogP contribution in [0.15, 0.2) is 33.4 Å². The lowest BCUT2D eigenvalue weighted by molar-refractivity contribution is 0.0697. The summed E-state index contributed by atoms with van der Waals surface area (Å²) in [5, 5.41) is 9.50. The fourth-order valence-corrected chi connectivity index (χ4v) is 1.53. The molecule has 1 N–H and O–H groups in total. The van der Waals surface area contributed by atoms with E-state index in [1.165, 1.54) is 12.3 Å². The minimum atomic E-state index is -0.935. The van der Waals surface area contributed by atoms with Crippen molar-refractivity contribution in [1.82, 2.24) is 0 Å². The summed E-state index contributed by atoms with van der Waals surface area (Å²) in [6, 6.07) is 4.73. The van der Waals surface area contributed by atoms with Crippen LogP contribution in [0.2, 0.25) is 0 Å². The van der Waals surface area contributed by atoms with Gasteiger partial charge in [0.15, 0.2) is 0 Å². The van der Waals surface area contributed by atoms with Crippen molar-refractivity contribution in [1.29, 1.82) is 0 Å². The number of aromatic carboxylic acids is 1. The Kier molecular flexibility index (Phi) is 1.84. The van der Waals surface area contributed by atoms with Crippen molar-refractivity contribution >= 4 is 32.9 Å². The van der Waals surface area contributed by atoms with Crippen molar-refractivity contribution in [2.45, 2.75) is 0 Å². The average Bonchev–Trinajstić information content (AvgIpc) is 2.47. The van der Waals surface area contributed by atoms with Crippen LogP contribution in [0.5, 0.6) is 0 Å². The second kappa shape index (κ2) is 2.88. The molecule has 0 saturated heterocycles. The Balaban J connectivity index is 2.72. The first kappa shape index (κ1) is 8.31. The van der Waals surface area contributed by atoms with E-state index in [9.17, 15) is 4.79 Å². The van der Waals surface area contributed by atoms with Crippen molar-refractivity contribution in [3.8, 4) is 0 Å². The Morgan fingerprint density at radius 2 is 2.23 bits per heavy atom. The van der Waals surface area contributed by atoms with Crippen molar-refractivity contribution in [2.75, 3.05) is 0 Å². The molecule has 0 bridgehead atoms. The lowest BCUT2D eigenvalue weighted by Gasteiger charge is -1.93. The molecule has 0 amide bonds. The van der Waals surface area contributed by atoms with Crippen LogP contribution >= 0.6 is 15.9 Å². The summed E-state index contributed by atoms with van der Waals surface area (Å²) < 4.78 is 5.91. The van der Waals surface area contributed by atoms with Crippen molar-refractivity contribution in [3.05, 3.63) is 34.5 Å². The average molecular weight is 241 g/mol. The number of rotatable bonds is 1. The van der Waals surface area contributed by atoms with E-state index >= 15 is 0 Å². The van der Waals surface area contributed by atoms with Crippen LogP contribution in [0.4, 0.5) is 0 Å². The molecule has 0 unspecified atom stereocenters. The highest BCUT2D eigenvalue weighted by atomic mass is 79.9. The number of furan rings is 1. The zero-order chi connectivity index (χ0) is 9.42. The van der Waals surface area contributed by atoms with Gasteiger partial charge in [-0.3, -0.25) is 0 Å². The molecule has 2 aromatic rings. The maximum Gasteiger partial charge on any atom is 0.335 e. The molecule has 4 heteroatoms. The third-order valence-corrected chi connectivity index (χ3v) is 2.39. The molecule has 0 aliphatic rings. The second-order valence-electron chi connectivity index (χ2n) is 2.60. The predicted octanol–water partition coefficient (Wildman–Crippen LogP) is 2.89. The normalized spacial score (nSPS) is 10.5. The van der Waals surface area contributed by atoms with Crippen LogP contribution in [0.25, 0.3) is 11.0 Å². The summed E-state index contributed by atoms with van der Waals surface area (Å²) in [5.74, 6) is -0.935.